The maximum atomic E-state index is 4.94. The third kappa shape index (κ3) is 3.99. The van der Waals surface area contributed by atoms with Gasteiger partial charge in [0.1, 0.15) is 0 Å². The molecule has 6 rings (SSSR count). The molecule has 8 atom stereocenters. The monoisotopic (exact) mass is 498 g/mol. The number of hydrogen-bond acceptors (Lipinski definition) is 1. The van der Waals surface area contributed by atoms with E-state index in [1.165, 1.54) is 74.7 Å². The highest BCUT2D eigenvalue weighted by atomic mass is 15.3. The zero-order valence-corrected chi connectivity index (χ0v) is 24.3. The van der Waals surface area contributed by atoms with Crippen LogP contribution in [-0.4, -0.2) is 9.78 Å². The Morgan fingerprint density at radius 2 is 1.73 bits per heavy atom. The van der Waals surface area contributed by atoms with Gasteiger partial charge in [-0.05, 0) is 103 Å². The Bertz CT molecular complexity index is 1140. The lowest BCUT2D eigenvalue weighted by Gasteiger charge is -2.58. The summed E-state index contributed by atoms with van der Waals surface area (Å²) in [6.45, 7) is 15.2. The average Bonchev–Trinajstić information content (AvgIpc) is 3.45. The highest BCUT2D eigenvalue weighted by molar-refractivity contribution is 5.41. The van der Waals surface area contributed by atoms with Gasteiger partial charge in [0.2, 0.25) is 0 Å². The van der Waals surface area contributed by atoms with Crippen molar-refractivity contribution in [2.24, 2.45) is 46.3 Å². The van der Waals surface area contributed by atoms with Crippen LogP contribution in [0, 0.1) is 46.3 Å². The van der Waals surface area contributed by atoms with E-state index in [4.69, 9.17) is 5.10 Å². The van der Waals surface area contributed by atoms with Crippen molar-refractivity contribution in [3.63, 3.8) is 0 Å². The quantitative estimate of drug-likeness (QED) is 0.363. The van der Waals surface area contributed by atoms with E-state index in [0.29, 0.717) is 22.7 Å². The SMILES string of the molecule is CC(C)CCC[C@@H](C)[C@H]1CC[C@H]2C3=CCC4[C@H](C)c5c(cnn5-c5ccccc5)C[C@]4(C)[C@H]3CC[C@]12C. The molecule has 0 aliphatic heterocycles. The van der Waals surface area contributed by atoms with E-state index in [2.05, 4.69) is 88.8 Å². The van der Waals surface area contributed by atoms with Gasteiger partial charge >= 0.3 is 0 Å². The van der Waals surface area contributed by atoms with E-state index in [-0.39, 0.29) is 0 Å². The third-order valence-electron chi connectivity index (χ3n) is 12.1. The molecule has 37 heavy (non-hydrogen) atoms. The molecular formula is C35H50N2. The van der Waals surface area contributed by atoms with E-state index in [0.717, 1.165) is 29.6 Å². The molecule has 4 aliphatic rings. The smallest absolute Gasteiger partial charge is 0.0649 e. The maximum Gasteiger partial charge on any atom is 0.0649 e. The fourth-order valence-corrected chi connectivity index (χ4v) is 10.2. The van der Waals surface area contributed by atoms with Crippen molar-refractivity contribution in [1.29, 1.82) is 0 Å². The Morgan fingerprint density at radius 1 is 0.973 bits per heavy atom. The summed E-state index contributed by atoms with van der Waals surface area (Å²) < 4.78 is 2.25. The molecule has 4 aliphatic carbocycles. The van der Waals surface area contributed by atoms with Gasteiger partial charge in [-0.3, -0.25) is 0 Å². The van der Waals surface area contributed by atoms with Crippen molar-refractivity contribution in [1.82, 2.24) is 9.78 Å². The zero-order valence-electron chi connectivity index (χ0n) is 24.3. The van der Waals surface area contributed by atoms with E-state index in [9.17, 15) is 0 Å². The average molecular weight is 499 g/mol. The predicted octanol–water partition coefficient (Wildman–Crippen LogP) is 9.39. The standard InChI is InChI=1S/C35H50N2/c1-23(2)11-10-12-24(3)29-17-18-31-28-15-16-30-25(4)33-26(22-36-37(33)27-13-8-7-9-14-27)21-35(30,6)32(28)19-20-34(29,31)5/h7-9,13-15,22-25,29-32H,10-12,16-21H2,1-6H3/t24-,25+,29-,30?,31+,32+,34-,35+/m1/s1. The summed E-state index contributed by atoms with van der Waals surface area (Å²) >= 11 is 0. The van der Waals surface area contributed by atoms with Gasteiger partial charge in [0.15, 0.2) is 0 Å². The van der Waals surface area contributed by atoms with Crippen LogP contribution in [0.3, 0.4) is 0 Å². The minimum absolute atomic E-state index is 0.364. The molecule has 2 saturated carbocycles. The van der Waals surface area contributed by atoms with Gasteiger partial charge in [-0.15, -0.1) is 0 Å². The summed E-state index contributed by atoms with van der Waals surface area (Å²) in [5.41, 5.74) is 6.96. The second kappa shape index (κ2) is 9.42. The lowest BCUT2D eigenvalue weighted by Crippen LogP contribution is -2.51. The molecule has 1 aromatic carbocycles. The summed E-state index contributed by atoms with van der Waals surface area (Å²) in [6, 6.07) is 10.8. The normalized spacial score (nSPS) is 37.4. The van der Waals surface area contributed by atoms with Crippen molar-refractivity contribution in [2.45, 2.75) is 105 Å². The van der Waals surface area contributed by atoms with Crippen molar-refractivity contribution in [3.8, 4) is 5.69 Å². The number of para-hydroxylation sites is 1. The molecule has 2 fully saturated rings. The van der Waals surface area contributed by atoms with Gasteiger partial charge < -0.3 is 0 Å². The van der Waals surface area contributed by atoms with Crippen LogP contribution in [-0.2, 0) is 6.42 Å². The number of fused-ring (bicyclic) bond motifs is 6. The van der Waals surface area contributed by atoms with Crippen LogP contribution in [0.25, 0.3) is 5.69 Å². The van der Waals surface area contributed by atoms with Crippen molar-refractivity contribution < 1.29 is 0 Å². The first-order valence-electron chi connectivity index (χ1n) is 15.6. The minimum Gasteiger partial charge on any atom is -0.237 e. The van der Waals surface area contributed by atoms with E-state index >= 15 is 0 Å². The van der Waals surface area contributed by atoms with Gasteiger partial charge in [0, 0.05) is 5.92 Å². The molecule has 1 aromatic heterocycles. The molecule has 0 spiro atoms. The molecule has 0 amide bonds. The Kier molecular flexibility index (Phi) is 6.48. The largest absolute Gasteiger partial charge is 0.237 e. The molecule has 0 saturated heterocycles. The first-order chi connectivity index (χ1) is 17.7. The highest BCUT2D eigenvalue weighted by Crippen LogP contribution is 2.67. The van der Waals surface area contributed by atoms with Gasteiger partial charge in [-0.1, -0.05) is 90.7 Å². The molecular weight excluding hydrogens is 448 g/mol. The van der Waals surface area contributed by atoms with Crippen molar-refractivity contribution in [2.75, 3.05) is 0 Å². The molecule has 0 bridgehead atoms. The highest BCUT2D eigenvalue weighted by Gasteiger charge is 2.59. The minimum atomic E-state index is 0.364. The summed E-state index contributed by atoms with van der Waals surface area (Å²) in [6.07, 6.45) is 17.4. The Balaban J connectivity index is 1.26. The molecule has 2 nitrogen and oxygen atoms in total. The fraction of sp³-hybridized carbons (Fsp3) is 0.686. The molecule has 2 heteroatoms. The van der Waals surface area contributed by atoms with Crippen LogP contribution in [0.15, 0.2) is 48.2 Å². The second-order valence-electron chi connectivity index (χ2n) is 14.5. The Labute approximate surface area is 226 Å². The van der Waals surface area contributed by atoms with Gasteiger partial charge in [-0.25, -0.2) is 4.68 Å². The van der Waals surface area contributed by atoms with Crippen LogP contribution in [0.4, 0.5) is 0 Å². The number of nitrogens with zero attached hydrogens (tertiary/aromatic N) is 2. The summed E-state index contributed by atoms with van der Waals surface area (Å²) in [7, 11) is 0. The summed E-state index contributed by atoms with van der Waals surface area (Å²) in [5.74, 6) is 5.47. The van der Waals surface area contributed by atoms with E-state index in [1.54, 1.807) is 0 Å². The van der Waals surface area contributed by atoms with Crippen LogP contribution in [0.5, 0.6) is 0 Å². The molecule has 1 heterocycles. The Hall–Kier alpha value is -1.83. The molecule has 200 valence electrons. The number of benzene rings is 1. The van der Waals surface area contributed by atoms with Gasteiger partial charge in [0.25, 0.3) is 0 Å². The number of hydrogen-bond donors (Lipinski definition) is 0. The number of allylic oxidation sites excluding steroid dienone is 2. The van der Waals surface area contributed by atoms with Crippen LogP contribution in [0.1, 0.15) is 110 Å². The maximum absolute atomic E-state index is 4.94. The first kappa shape index (κ1) is 25.4. The van der Waals surface area contributed by atoms with E-state index in [1.807, 2.05) is 5.57 Å². The fourth-order valence-electron chi connectivity index (χ4n) is 10.2. The Morgan fingerprint density at radius 3 is 2.49 bits per heavy atom. The number of aromatic nitrogens is 2. The van der Waals surface area contributed by atoms with Crippen molar-refractivity contribution >= 4 is 0 Å². The topological polar surface area (TPSA) is 17.8 Å². The molecule has 0 N–H and O–H groups in total. The van der Waals surface area contributed by atoms with Crippen molar-refractivity contribution in [3.05, 3.63) is 59.4 Å². The van der Waals surface area contributed by atoms with Crippen LogP contribution < -0.4 is 0 Å². The summed E-state index contributed by atoms with van der Waals surface area (Å²) in [5, 5.41) is 4.94. The first-order valence-corrected chi connectivity index (χ1v) is 15.6. The lowest BCUT2D eigenvalue weighted by atomic mass is 9.46. The molecule has 0 radical (unpaired) electrons. The van der Waals surface area contributed by atoms with E-state index < -0.39 is 0 Å². The van der Waals surface area contributed by atoms with Crippen LogP contribution >= 0.6 is 0 Å². The van der Waals surface area contributed by atoms with Gasteiger partial charge in [0.05, 0.1) is 17.6 Å². The third-order valence-corrected chi connectivity index (χ3v) is 12.1. The number of rotatable bonds is 6. The molecule has 1 unspecified atom stereocenters. The van der Waals surface area contributed by atoms with Gasteiger partial charge in [-0.2, -0.15) is 5.10 Å². The second-order valence-corrected chi connectivity index (χ2v) is 14.5. The summed E-state index contributed by atoms with van der Waals surface area (Å²) in [4.78, 5) is 0. The predicted molar refractivity (Wildman–Crippen MR) is 155 cm³/mol. The zero-order chi connectivity index (χ0) is 25.9. The van der Waals surface area contributed by atoms with Crippen LogP contribution in [0.2, 0.25) is 0 Å². The molecule has 2 aromatic rings. The lowest BCUT2D eigenvalue weighted by molar-refractivity contribution is 0.000687.